The number of hydrogen-bond donors (Lipinski definition) is 1. The maximum Gasteiger partial charge on any atom is 0.332 e. The topological polar surface area (TPSA) is 151 Å². The number of oxime groups is 1. The van der Waals surface area contributed by atoms with E-state index in [2.05, 4.69) is 33.1 Å². The van der Waals surface area contributed by atoms with E-state index in [1.165, 1.54) is 6.92 Å². The van der Waals surface area contributed by atoms with E-state index in [4.69, 9.17) is 14.3 Å². The van der Waals surface area contributed by atoms with Crippen molar-refractivity contribution in [2.75, 3.05) is 19.8 Å². The van der Waals surface area contributed by atoms with Crippen molar-refractivity contribution in [3.05, 3.63) is 223 Å². The number of benzene rings is 8. The van der Waals surface area contributed by atoms with E-state index >= 15 is 0 Å². The molecular weight excluding hydrogens is 1050 g/mol. The van der Waals surface area contributed by atoms with Gasteiger partial charge in [0.05, 0.1) is 18.9 Å². The van der Waals surface area contributed by atoms with Gasteiger partial charge in [0.15, 0.2) is 11.6 Å². The van der Waals surface area contributed by atoms with Crippen molar-refractivity contribution in [1.29, 1.82) is 0 Å². The number of nitrogens with zero attached hydrogens (tertiary/aromatic N) is 4. The summed E-state index contributed by atoms with van der Waals surface area (Å²) in [5, 5.41) is 18.0. The van der Waals surface area contributed by atoms with Crippen LogP contribution in [0.15, 0.2) is 156 Å². The monoisotopic (exact) mass is 1120 g/mol. The Bertz CT molecular complexity index is 3990. The van der Waals surface area contributed by atoms with Gasteiger partial charge in [0.2, 0.25) is 0 Å². The minimum absolute atomic E-state index is 0.0205. The molecule has 1 N–H and O–H groups in total. The first-order valence-corrected chi connectivity index (χ1v) is 28.9. The Hall–Kier alpha value is -9.42. The molecule has 0 unspecified atom stereocenters. The average molecular weight is 1120 g/mol. The van der Waals surface area contributed by atoms with Crippen molar-refractivity contribution in [2.45, 2.75) is 101 Å². The number of aliphatic carboxylic acids is 1. The molecule has 8 aromatic carbocycles. The number of rotatable bonds is 22. The Morgan fingerprint density at radius 2 is 0.833 bits per heavy atom. The number of aryl methyl sites for hydroxylation is 8. The second-order valence-electron chi connectivity index (χ2n) is 21.8. The third-order valence-electron chi connectivity index (χ3n) is 15.7. The number of carbonyl (C=O) groups excluding carboxylic acids is 3. The van der Waals surface area contributed by atoms with Gasteiger partial charge in [-0.25, -0.2) is 4.79 Å². The van der Waals surface area contributed by atoms with Gasteiger partial charge in [-0.05, 0) is 188 Å². The third kappa shape index (κ3) is 11.8. The molecule has 10 aromatic rings. The zero-order chi connectivity index (χ0) is 59.3. The lowest BCUT2D eigenvalue weighted by molar-refractivity contribution is -0.141. The number of ketones is 2. The van der Waals surface area contributed by atoms with E-state index in [0.29, 0.717) is 76.1 Å². The summed E-state index contributed by atoms with van der Waals surface area (Å²) in [7, 11) is 0. The van der Waals surface area contributed by atoms with Crippen LogP contribution in [0, 0.1) is 41.5 Å². The van der Waals surface area contributed by atoms with Crippen LogP contribution < -0.4 is 9.47 Å². The number of aliphatic imine (C=N–C) groups is 1. The minimum atomic E-state index is -1.05. The summed E-state index contributed by atoms with van der Waals surface area (Å²) in [4.78, 5) is 62.7. The minimum Gasteiger partial charge on any atom is -0.493 e. The highest BCUT2D eigenvalue weighted by molar-refractivity contribution is 6.21. The van der Waals surface area contributed by atoms with Crippen molar-refractivity contribution in [2.24, 2.45) is 10.1 Å². The molecule has 0 saturated heterocycles. The highest BCUT2D eigenvalue weighted by atomic mass is 16.7. The first-order valence-electron chi connectivity index (χ1n) is 28.9. The zero-order valence-corrected chi connectivity index (χ0v) is 49.3. The second kappa shape index (κ2) is 25.0. The fourth-order valence-corrected chi connectivity index (χ4v) is 12.2. The van der Waals surface area contributed by atoms with E-state index in [1.807, 2.05) is 187 Å². The summed E-state index contributed by atoms with van der Waals surface area (Å²) in [6, 6.07) is 47.4. The van der Waals surface area contributed by atoms with Gasteiger partial charge >= 0.3 is 11.9 Å². The molecular formula is C72H70N4O8. The fraction of sp³-hybridized carbons (Fsp3) is 0.250. The van der Waals surface area contributed by atoms with Gasteiger partial charge in [0, 0.05) is 108 Å². The Labute approximate surface area is 490 Å². The van der Waals surface area contributed by atoms with Crippen LogP contribution in [0.4, 0.5) is 0 Å². The number of hydrogen-bond acceptors (Lipinski definition) is 9. The van der Waals surface area contributed by atoms with Gasteiger partial charge in [0.1, 0.15) is 23.8 Å². The van der Waals surface area contributed by atoms with Gasteiger partial charge in [0.25, 0.3) is 0 Å². The van der Waals surface area contributed by atoms with Crippen LogP contribution in [0.5, 0.6) is 11.5 Å². The van der Waals surface area contributed by atoms with Crippen molar-refractivity contribution in [3.8, 4) is 11.5 Å². The summed E-state index contributed by atoms with van der Waals surface area (Å²) >= 11 is 0. The molecule has 0 atom stereocenters. The Kier molecular flexibility index (Phi) is 17.2. The highest BCUT2D eigenvalue weighted by Crippen LogP contribution is 2.36. The molecule has 12 nitrogen and oxygen atoms in total. The van der Waals surface area contributed by atoms with E-state index in [-0.39, 0.29) is 11.6 Å². The molecule has 0 spiro atoms. The highest BCUT2D eigenvalue weighted by Gasteiger charge is 2.23. The van der Waals surface area contributed by atoms with Gasteiger partial charge in [-0.1, -0.05) is 76.9 Å². The maximum absolute atomic E-state index is 14.1. The molecule has 0 aliphatic heterocycles. The zero-order valence-electron chi connectivity index (χ0n) is 49.3. The molecule has 0 bridgehead atoms. The largest absolute Gasteiger partial charge is 0.493 e. The van der Waals surface area contributed by atoms with Crippen LogP contribution in [0.2, 0.25) is 0 Å². The second-order valence-corrected chi connectivity index (χ2v) is 21.8. The summed E-state index contributed by atoms with van der Waals surface area (Å²) < 4.78 is 17.4. The maximum atomic E-state index is 14.1. The number of ether oxygens (including phenoxy) is 2. The number of carboxylic acids is 1. The molecule has 84 heavy (non-hydrogen) atoms. The lowest BCUT2D eigenvalue weighted by atomic mass is 9.92. The molecule has 0 amide bonds. The van der Waals surface area contributed by atoms with Crippen molar-refractivity contribution >= 4 is 78.5 Å². The third-order valence-corrected chi connectivity index (χ3v) is 15.7. The van der Waals surface area contributed by atoms with Crippen molar-refractivity contribution in [3.63, 3.8) is 0 Å². The molecule has 0 saturated carbocycles. The predicted octanol–water partition coefficient (Wildman–Crippen LogP) is 15.5. The number of carboxylic acid groups (broad SMARTS) is 1. The van der Waals surface area contributed by atoms with Crippen LogP contribution >= 0.6 is 0 Å². The molecule has 0 fully saturated rings. The number of fused-ring (bicyclic) bond motifs is 6. The van der Waals surface area contributed by atoms with Crippen molar-refractivity contribution in [1.82, 2.24) is 9.13 Å². The van der Waals surface area contributed by atoms with E-state index in [1.54, 1.807) is 0 Å². The molecule has 12 heteroatoms. The molecule has 0 radical (unpaired) electrons. The van der Waals surface area contributed by atoms with Gasteiger partial charge < -0.3 is 28.6 Å². The average Bonchev–Trinajstić information content (AvgIpc) is 1.82. The van der Waals surface area contributed by atoms with E-state index < -0.39 is 18.5 Å². The predicted molar refractivity (Wildman–Crippen MR) is 336 cm³/mol. The van der Waals surface area contributed by atoms with Crippen LogP contribution in [-0.2, 0) is 27.5 Å². The van der Waals surface area contributed by atoms with Crippen LogP contribution in [0.1, 0.15) is 134 Å². The molecule has 2 heterocycles. The Morgan fingerprint density at radius 3 is 1.23 bits per heavy atom. The van der Waals surface area contributed by atoms with Gasteiger partial charge in [-0.15, -0.1) is 0 Å². The Balaban J connectivity index is 0.829. The SMILES string of the molecule is CCn1c2ccc(C(=O)c3c(C)cc(C)cc3C)cc2c2cc(C(=NCC(=O)O)c3ccccc3OCCCCCCOc3ccccc3C(=NOC(C)=O)c3ccc4c(c3)c3cc(C(=O)c5c(C)cc(C)cc5C)ccc3n4CC)ccc21. The molecule has 2 aromatic heterocycles. The van der Waals surface area contributed by atoms with Crippen LogP contribution in [0.3, 0.4) is 0 Å². The van der Waals surface area contributed by atoms with Crippen LogP contribution in [0.25, 0.3) is 43.6 Å². The number of aromatic nitrogens is 2. The van der Waals surface area contributed by atoms with Gasteiger partial charge in [-0.2, -0.15) is 0 Å². The summed E-state index contributed by atoms with van der Waals surface area (Å²) in [5.41, 5.74) is 16.4. The quantitative estimate of drug-likeness (QED) is 0.0232. The molecule has 426 valence electrons. The van der Waals surface area contributed by atoms with Gasteiger partial charge in [-0.3, -0.25) is 19.4 Å². The molecule has 0 aliphatic rings. The lowest BCUT2D eigenvalue weighted by Crippen LogP contribution is -2.11. The number of carbonyl (C=O) groups is 4. The first-order chi connectivity index (χ1) is 40.5. The Morgan fingerprint density at radius 1 is 0.464 bits per heavy atom. The first kappa shape index (κ1) is 57.8. The van der Waals surface area contributed by atoms with E-state index in [9.17, 15) is 24.3 Å². The summed E-state index contributed by atoms with van der Waals surface area (Å²) in [6.07, 6.45) is 3.24. The lowest BCUT2D eigenvalue weighted by Gasteiger charge is -2.15. The summed E-state index contributed by atoms with van der Waals surface area (Å²) in [6.45, 7) is 19.4. The standard InChI is InChI=1S/C72H70N4O8/c1-10-75-60-28-24-50(38-56(60)58-40-52(26-30-62(58)75)71(80)67-45(5)34-43(3)35-46(67)6)69(73-42-66(78)79)54-20-14-16-22-64(54)82-32-18-12-13-19-33-83-65-23-17-15-21-55(65)70(74-84-49(9)77)51-25-29-61-57(39-51)59-41-53(27-31-63(59)76(61)11-2)72(81)68-47(7)36-44(4)37-48(68)8/h14-17,20-31,34-41H,10-13,18-19,32-33,42H2,1-9H3,(H,78,79). The molecule has 0 aliphatic carbocycles. The number of unbranched alkanes of at least 4 members (excludes halogenated alkanes) is 3. The summed E-state index contributed by atoms with van der Waals surface area (Å²) in [5.74, 6) is -0.462. The smallest absolute Gasteiger partial charge is 0.332 e. The normalized spacial score (nSPS) is 12.0. The molecule has 10 rings (SSSR count). The van der Waals surface area contributed by atoms with E-state index in [0.717, 1.165) is 120 Å². The fourth-order valence-electron chi connectivity index (χ4n) is 12.2. The number of para-hydroxylation sites is 2. The van der Waals surface area contributed by atoms with Crippen molar-refractivity contribution < 1.29 is 38.6 Å². The van der Waals surface area contributed by atoms with Crippen LogP contribution in [-0.4, -0.2) is 68.9 Å².